The number of hydrogen-bond donors (Lipinski definition) is 0. The van der Waals surface area contributed by atoms with Crippen LogP contribution in [0.2, 0.25) is 0 Å². The molecule has 0 N–H and O–H groups in total. The number of benzene rings is 2. The number of carbonyl (C=O) groups excluding carboxylic acids is 2. The highest BCUT2D eigenvalue weighted by Crippen LogP contribution is 2.57. The normalized spacial score (nSPS) is 18.8. The maximum absolute atomic E-state index is 13.2. The van der Waals surface area contributed by atoms with Gasteiger partial charge in [-0.15, -0.1) is 0 Å². The smallest absolute Gasteiger partial charge is 0.203 e. The minimum atomic E-state index is -0.913. The quantitative estimate of drug-likeness (QED) is 0.704. The fraction of sp³-hybridized carbons (Fsp3) is 0.300. The Labute approximate surface area is 149 Å². The zero-order chi connectivity index (χ0) is 18.1. The number of ketones is 2. The van der Waals surface area contributed by atoms with Gasteiger partial charge in [-0.25, -0.2) is 0 Å². The van der Waals surface area contributed by atoms with E-state index >= 15 is 0 Å². The molecule has 2 aromatic carbocycles. The standard InChI is InChI=1S/C20H16O6/c1-23-18-12-9-20(25-7-8-26-20)15(12)19(24-2)14-13(18)16(21)10-5-3-4-6-11(10)17(14)22/h3-6H,7-9H2,1-2H3. The van der Waals surface area contributed by atoms with E-state index in [2.05, 4.69) is 0 Å². The van der Waals surface area contributed by atoms with Crippen molar-refractivity contribution in [2.75, 3.05) is 27.4 Å². The number of ether oxygens (including phenoxy) is 4. The van der Waals surface area contributed by atoms with Crippen molar-refractivity contribution in [2.24, 2.45) is 0 Å². The summed E-state index contributed by atoms with van der Waals surface area (Å²) in [5, 5.41) is 0. The van der Waals surface area contributed by atoms with Crippen LogP contribution in [0.1, 0.15) is 43.0 Å². The van der Waals surface area contributed by atoms with Gasteiger partial charge in [-0.1, -0.05) is 24.3 Å². The number of hydrogen-bond acceptors (Lipinski definition) is 6. The van der Waals surface area contributed by atoms with Crippen LogP contribution in [0.5, 0.6) is 11.5 Å². The Kier molecular flexibility index (Phi) is 3.08. The molecule has 1 aliphatic heterocycles. The average Bonchev–Trinajstić information content (AvgIpc) is 3.16. The Morgan fingerprint density at radius 2 is 1.42 bits per heavy atom. The van der Waals surface area contributed by atoms with E-state index in [0.717, 1.165) is 5.56 Å². The van der Waals surface area contributed by atoms with Crippen LogP contribution in [0, 0.1) is 0 Å². The Hall–Kier alpha value is -2.70. The van der Waals surface area contributed by atoms with Crippen molar-refractivity contribution < 1.29 is 28.5 Å². The van der Waals surface area contributed by atoms with E-state index in [1.807, 2.05) is 0 Å². The van der Waals surface area contributed by atoms with Crippen LogP contribution < -0.4 is 9.47 Å². The Bertz CT molecular complexity index is 984. The SMILES string of the molecule is COc1c2c(c(OC)c3c1C(=O)c1ccccc1C3=O)C1(C2)OCCO1. The van der Waals surface area contributed by atoms with Gasteiger partial charge in [-0.3, -0.25) is 9.59 Å². The molecule has 0 aromatic heterocycles. The average molecular weight is 352 g/mol. The molecule has 1 fully saturated rings. The maximum atomic E-state index is 13.2. The van der Waals surface area contributed by atoms with Crippen LogP contribution in [-0.2, 0) is 21.7 Å². The predicted octanol–water partition coefficient (Wildman–Crippen LogP) is 2.23. The summed E-state index contributed by atoms with van der Waals surface area (Å²) >= 11 is 0. The molecule has 0 saturated carbocycles. The van der Waals surface area contributed by atoms with Crippen LogP contribution in [0.3, 0.4) is 0 Å². The van der Waals surface area contributed by atoms with Crippen LogP contribution in [0.4, 0.5) is 0 Å². The van der Waals surface area contributed by atoms with Gasteiger partial charge in [0, 0.05) is 23.1 Å². The largest absolute Gasteiger partial charge is 0.496 e. The Balaban J connectivity index is 1.86. The monoisotopic (exact) mass is 352 g/mol. The molecule has 2 aliphatic carbocycles. The lowest BCUT2D eigenvalue weighted by molar-refractivity contribution is -0.184. The molecule has 1 heterocycles. The molecule has 3 aliphatic rings. The lowest BCUT2D eigenvalue weighted by Crippen LogP contribution is -2.42. The fourth-order valence-corrected chi connectivity index (χ4v) is 4.25. The molecule has 5 rings (SSSR count). The second-order valence-corrected chi connectivity index (χ2v) is 6.50. The lowest BCUT2D eigenvalue weighted by Gasteiger charge is -2.42. The third-order valence-corrected chi connectivity index (χ3v) is 5.33. The van der Waals surface area contributed by atoms with Gasteiger partial charge in [0.25, 0.3) is 0 Å². The Morgan fingerprint density at radius 1 is 0.885 bits per heavy atom. The van der Waals surface area contributed by atoms with Gasteiger partial charge < -0.3 is 18.9 Å². The van der Waals surface area contributed by atoms with E-state index in [1.54, 1.807) is 24.3 Å². The summed E-state index contributed by atoms with van der Waals surface area (Å²) in [6, 6.07) is 6.80. The molecule has 0 radical (unpaired) electrons. The Morgan fingerprint density at radius 3 is 1.96 bits per heavy atom. The van der Waals surface area contributed by atoms with Crippen LogP contribution in [-0.4, -0.2) is 39.0 Å². The predicted molar refractivity (Wildman–Crippen MR) is 90.1 cm³/mol. The number of rotatable bonds is 2. The van der Waals surface area contributed by atoms with Crippen molar-refractivity contribution in [3.63, 3.8) is 0 Å². The van der Waals surface area contributed by atoms with E-state index in [1.165, 1.54) is 14.2 Å². The van der Waals surface area contributed by atoms with Gasteiger partial charge >= 0.3 is 0 Å². The zero-order valence-electron chi connectivity index (χ0n) is 14.4. The van der Waals surface area contributed by atoms with Gasteiger partial charge in [0.1, 0.15) is 11.5 Å². The summed E-state index contributed by atoms with van der Waals surface area (Å²) in [5.74, 6) is -0.649. The van der Waals surface area contributed by atoms with Gasteiger partial charge in [0.05, 0.1) is 44.1 Å². The summed E-state index contributed by atoms with van der Waals surface area (Å²) in [6.45, 7) is 0.940. The maximum Gasteiger partial charge on any atom is 0.203 e. The van der Waals surface area contributed by atoms with Gasteiger partial charge in [0.15, 0.2) is 11.6 Å². The van der Waals surface area contributed by atoms with E-state index in [0.29, 0.717) is 47.8 Å². The van der Waals surface area contributed by atoms with Crippen LogP contribution in [0.25, 0.3) is 0 Å². The highest BCUT2D eigenvalue weighted by atomic mass is 16.7. The molecule has 0 unspecified atom stereocenters. The van der Waals surface area contributed by atoms with Crippen molar-refractivity contribution in [1.82, 2.24) is 0 Å². The first-order chi connectivity index (χ1) is 12.6. The molecule has 26 heavy (non-hydrogen) atoms. The second-order valence-electron chi connectivity index (χ2n) is 6.50. The lowest BCUT2D eigenvalue weighted by atomic mass is 9.73. The van der Waals surface area contributed by atoms with Crippen LogP contribution in [0.15, 0.2) is 24.3 Å². The first kappa shape index (κ1) is 15.5. The van der Waals surface area contributed by atoms with E-state index in [9.17, 15) is 9.59 Å². The molecule has 0 atom stereocenters. The van der Waals surface area contributed by atoms with Gasteiger partial charge in [-0.2, -0.15) is 0 Å². The first-order valence-corrected chi connectivity index (χ1v) is 8.40. The summed E-state index contributed by atoms with van der Waals surface area (Å²) in [5.41, 5.74) is 2.70. The molecule has 6 nitrogen and oxygen atoms in total. The second kappa shape index (κ2) is 5.16. The summed E-state index contributed by atoms with van der Waals surface area (Å²) in [6.07, 6.45) is 0.457. The van der Waals surface area contributed by atoms with E-state index < -0.39 is 5.79 Å². The molecule has 2 aromatic rings. The summed E-state index contributed by atoms with van der Waals surface area (Å²) in [7, 11) is 2.99. The minimum Gasteiger partial charge on any atom is -0.496 e. The molecule has 1 spiro atoms. The first-order valence-electron chi connectivity index (χ1n) is 8.40. The molecular formula is C20H16O6. The highest BCUT2D eigenvalue weighted by Gasteiger charge is 2.55. The van der Waals surface area contributed by atoms with Crippen molar-refractivity contribution in [1.29, 1.82) is 0 Å². The van der Waals surface area contributed by atoms with Crippen molar-refractivity contribution in [3.05, 3.63) is 57.6 Å². The number of fused-ring (bicyclic) bond motifs is 4. The topological polar surface area (TPSA) is 71.1 Å². The minimum absolute atomic E-state index is 0.227. The molecule has 0 bridgehead atoms. The van der Waals surface area contributed by atoms with Crippen molar-refractivity contribution in [2.45, 2.75) is 12.2 Å². The van der Waals surface area contributed by atoms with E-state index in [4.69, 9.17) is 18.9 Å². The third kappa shape index (κ3) is 1.68. The molecule has 0 amide bonds. The molecule has 132 valence electrons. The fourth-order valence-electron chi connectivity index (χ4n) is 4.25. The van der Waals surface area contributed by atoms with E-state index in [-0.39, 0.29) is 22.7 Å². The number of carbonyl (C=O) groups is 2. The van der Waals surface area contributed by atoms with Gasteiger partial charge in [0.2, 0.25) is 5.79 Å². The molecular weight excluding hydrogens is 336 g/mol. The third-order valence-electron chi connectivity index (χ3n) is 5.33. The molecule has 6 heteroatoms. The summed E-state index contributed by atoms with van der Waals surface area (Å²) in [4.78, 5) is 26.4. The summed E-state index contributed by atoms with van der Waals surface area (Å²) < 4.78 is 22.8. The highest BCUT2D eigenvalue weighted by molar-refractivity contribution is 6.30. The van der Waals surface area contributed by atoms with Gasteiger partial charge in [-0.05, 0) is 0 Å². The molecule has 1 saturated heterocycles. The number of methoxy groups -OCH3 is 2. The van der Waals surface area contributed by atoms with Crippen LogP contribution >= 0.6 is 0 Å². The van der Waals surface area contributed by atoms with Crippen molar-refractivity contribution in [3.8, 4) is 11.5 Å². The zero-order valence-corrected chi connectivity index (χ0v) is 14.4. The van der Waals surface area contributed by atoms with Crippen molar-refractivity contribution >= 4 is 11.6 Å².